The summed E-state index contributed by atoms with van der Waals surface area (Å²) in [5, 5.41) is 4.87. The molecule has 114 valence electrons. The van der Waals surface area contributed by atoms with E-state index in [0.717, 1.165) is 25.9 Å². The van der Waals surface area contributed by atoms with E-state index in [4.69, 9.17) is 0 Å². The molecule has 2 nitrogen and oxygen atoms in total. The van der Waals surface area contributed by atoms with Crippen LogP contribution in [0.2, 0.25) is 0 Å². The first-order valence-electron chi connectivity index (χ1n) is 8.09. The maximum atomic E-state index is 3.66. The first-order valence-corrected chi connectivity index (χ1v) is 8.09. The van der Waals surface area contributed by atoms with E-state index in [0.29, 0.717) is 0 Å². The Balaban J connectivity index is 1.98. The van der Waals surface area contributed by atoms with Gasteiger partial charge in [-0.25, -0.2) is 0 Å². The zero-order valence-corrected chi connectivity index (χ0v) is 13.3. The minimum Gasteiger partial charge on any atom is -0.361 e. The number of hydrogen-bond donors (Lipinski definition) is 2. The van der Waals surface area contributed by atoms with Gasteiger partial charge in [0.1, 0.15) is 0 Å². The normalized spacial score (nSPS) is 22.0. The number of hydrogen-bond acceptors (Lipinski definition) is 1. The highest BCUT2D eigenvalue weighted by Gasteiger charge is 2.36. The second kappa shape index (κ2) is 6.39. The van der Waals surface area contributed by atoms with Gasteiger partial charge in [0.15, 0.2) is 0 Å². The fraction of sp³-hybridized carbons (Fsp3) is 0.350. The molecular formula is C20H24N2. The van der Waals surface area contributed by atoms with Gasteiger partial charge in [-0.15, -0.1) is 5.73 Å². The average molecular weight is 292 g/mol. The fourth-order valence-corrected chi connectivity index (χ4v) is 3.54. The zero-order chi connectivity index (χ0) is 15.4. The maximum Gasteiger partial charge on any atom is 0.0454 e. The van der Waals surface area contributed by atoms with Crippen LogP contribution in [0.15, 0.2) is 60.5 Å². The highest BCUT2D eigenvalue weighted by atomic mass is 14.9. The Bertz CT molecular complexity index is 723. The fourth-order valence-electron chi connectivity index (χ4n) is 3.54. The molecular weight excluding hydrogens is 268 g/mol. The lowest BCUT2D eigenvalue weighted by atomic mass is 9.74. The summed E-state index contributed by atoms with van der Waals surface area (Å²) < 4.78 is 0. The summed E-state index contributed by atoms with van der Waals surface area (Å²) in [5.41, 5.74) is 7.20. The van der Waals surface area contributed by atoms with Gasteiger partial charge in [0, 0.05) is 23.7 Å². The largest absolute Gasteiger partial charge is 0.361 e. The monoisotopic (exact) mass is 292 g/mol. The third-order valence-corrected chi connectivity index (χ3v) is 4.87. The lowest BCUT2D eigenvalue weighted by Gasteiger charge is -2.30. The highest BCUT2D eigenvalue weighted by Crippen LogP contribution is 2.38. The number of fused-ring (bicyclic) bond motifs is 1. The molecule has 0 spiro atoms. The molecule has 1 fully saturated rings. The number of allylic oxidation sites excluding steroid dienone is 3. The molecule has 0 saturated carbocycles. The Hall–Kier alpha value is -2.02. The third-order valence-electron chi connectivity index (χ3n) is 4.87. The summed E-state index contributed by atoms with van der Waals surface area (Å²) in [5.74, 6) is 0. The van der Waals surface area contributed by atoms with Gasteiger partial charge in [0.2, 0.25) is 0 Å². The van der Waals surface area contributed by atoms with Crippen molar-refractivity contribution in [2.24, 2.45) is 0 Å². The number of rotatable bonds is 5. The van der Waals surface area contributed by atoms with Gasteiger partial charge in [-0.05, 0) is 61.0 Å². The summed E-state index contributed by atoms with van der Waals surface area (Å²) >= 11 is 0. The molecule has 2 heteroatoms. The van der Waals surface area contributed by atoms with Crippen molar-refractivity contribution >= 4 is 10.9 Å². The van der Waals surface area contributed by atoms with Gasteiger partial charge in [0.25, 0.3) is 0 Å². The second-order valence-electron chi connectivity index (χ2n) is 6.21. The molecule has 0 radical (unpaired) electrons. The molecule has 2 N–H and O–H groups in total. The highest BCUT2D eigenvalue weighted by molar-refractivity contribution is 5.80. The summed E-state index contributed by atoms with van der Waals surface area (Å²) in [6, 6.07) is 9.02. The van der Waals surface area contributed by atoms with Crippen LogP contribution in [0.1, 0.15) is 31.7 Å². The number of benzene rings is 1. The predicted octanol–water partition coefficient (Wildman–Crippen LogP) is 4.47. The summed E-state index contributed by atoms with van der Waals surface area (Å²) in [6.45, 7) is 8.04. The minimum atomic E-state index is 0.211. The molecule has 1 saturated heterocycles. The molecule has 2 heterocycles. The lowest BCUT2D eigenvalue weighted by Crippen LogP contribution is -2.29. The maximum absolute atomic E-state index is 3.66. The average Bonchev–Trinajstić information content (AvgIpc) is 3.20. The zero-order valence-electron chi connectivity index (χ0n) is 13.3. The third kappa shape index (κ3) is 2.81. The standard InChI is InChI=1S/C20H24N2/c1-3-5-6-16(4-2)14-20(10-12-21-15-20)18-7-8-19-17(13-18)9-11-22-19/h5-9,11,13,21-22H,1,4,10,12,14-15H2,2H3/b16-6+/t20-/m0/s1. The molecule has 1 atom stereocenters. The Morgan fingerprint density at radius 1 is 1.41 bits per heavy atom. The van der Waals surface area contributed by atoms with E-state index in [-0.39, 0.29) is 5.41 Å². The Morgan fingerprint density at radius 3 is 3.05 bits per heavy atom. The number of aromatic amines is 1. The van der Waals surface area contributed by atoms with E-state index < -0.39 is 0 Å². The van der Waals surface area contributed by atoms with Crippen LogP contribution in [0.3, 0.4) is 0 Å². The van der Waals surface area contributed by atoms with Gasteiger partial charge in [-0.1, -0.05) is 31.2 Å². The van der Waals surface area contributed by atoms with E-state index in [1.807, 2.05) is 12.3 Å². The van der Waals surface area contributed by atoms with E-state index in [1.54, 1.807) is 0 Å². The molecule has 1 aliphatic rings. The van der Waals surface area contributed by atoms with Crippen LogP contribution >= 0.6 is 0 Å². The summed E-state index contributed by atoms with van der Waals surface area (Å²) in [4.78, 5) is 3.28. The Labute approximate surface area is 132 Å². The molecule has 22 heavy (non-hydrogen) atoms. The predicted molar refractivity (Wildman–Crippen MR) is 94.2 cm³/mol. The van der Waals surface area contributed by atoms with Crippen LogP contribution < -0.4 is 5.32 Å². The second-order valence-corrected chi connectivity index (χ2v) is 6.21. The molecule has 0 aliphatic carbocycles. The number of aromatic nitrogens is 1. The van der Waals surface area contributed by atoms with Crippen LogP contribution in [0.25, 0.3) is 10.9 Å². The summed E-state index contributed by atoms with van der Waals surface area (Å²) in [6.07, 6.45) is 9.50. The van der Waals surface area contributed by atoms with Crippen molar-refractivity contribution in [3.8, 4) is 0 Å². The summed E-state index contributed by atoms with van der Waals surface area (Å²) in [7, 11) is 0. The molecule has 0 bridgehead atoms. The topological polar surface area (TPSA) is 27.8 Å². The molecule has 1 aromatic heterocycles. The molecule has 0 amide bonds. The van der Waals surface area contributed by atoms with Crippen molar-refractivity contribution < 1.29 is 0 Å². The van der Waals surface area contributed by atoms with Crippen LogP contribution in [-0.4, -0.2) is 18.1 Å². The molecule has 2 aromatic rings. The number of H-pyrrole nitrogens is 1. The van der Waals surface area contributed by atoms with E-state index in [2.05, 4.69) is 59.9 Å². The van der Waals surface area contributed by atoms with E-state index >= 15 is 0 Å². The van der Waals surface area contributed by atoms with Crippen molar-refractivity contribution in [2.45, 2.75) is 31.6 Å². The van der Waals surface area contributed by atoms with Crippen molar-refractivity contribution in [3.63, 3.8) is 0 Å². The van der Waals surface area contributed by atoms with Gasteiger partial charge in [0.05, 0.1) is 0 Å². The molecule has 0 unspecified atom stereocenters. The molecule has 1 aromatic carbocycles. The number of nitrogens with one attached hydrogen (secondary N) is 2. The van der Waals surface area contributed by atoms with Crippen LogP contribution in [-0.2, 0) is 5.41 Å². The SMILES string of the molecule is C=C=C/C=C(\CC)C[C@@]1(c2ccc3[nH]ccc3c2)CCNC1. The van der Waals surface area contributed by atoms with Crippen LogP contribution in [0.4, 0.5) is 0 Å². The van der Waals surface area contributed by atoms with E-state index in [9.17, 15) is 0 Å². The van der Waals surface area contributed by atoms with Crippen molar-refractivity contribution in [2.75, 3.05) is 13.1 Å². The van der Waals surface area contributed by atoms with Crippen molar-refractivity contribution in [3.05, 3.63) is 66.1 Å². The molecule has 3 rings (SSSR count). The van der Waals surface area contributed by atoms with Crippen molar-refractivity contribution in [1.29, 1.82) is 0 Å². The molecule has 1 aliphatic heterocycles. The van der Waals surface area contributed by atoms with Crippen LogP contribution in [0, 0.1) is 0 Å². The quantitative estimate of drug-likeness (QED) is 0.618. The smallest absolute Gasteiger partial charge is 0.0454 e. The van der Waals surface area contributed by atoms with E-state index in [1.165, 1.54) is 28.5 Å². The van der Waals surface area contributed by atoms with Crippen LogP contribution in [0.5, 0.6) is 0 Å². The lowest BCUT2D eigenvalue weighted by molar-refractivity contribution is 0.461. The first kappa shape index (κ1) is 14.9. The Kier molecular flexibility index (Phi) is 4.33. The first-order chi connectivity index (χ1) is 10.8. The van der Waals surface area contributed by atoms with Gasteiger partial charge in [-0.2, -0.15) is 0 Å². The van der Waals surface area contributed by atoms with Gasteiger partial charge >= 0.3 is 0 Å². The van der Waals surface area contributed by atoms with Gasteiger partial charge < -0.3 is 10.3 Å². The minimum absolute atomic E-state index is 0.211. The van der Waals surface area contributed by atoms with Crippen molar-refractivity contribution in [1.82, 2.24) is 10.3 Å². The van der Waals surface area contributed by atoms with Gasteiger partial charge in [-0.3, -0.25) is 0 Å². The Morgan fingerprint density at radius 2 is 2.32 bits per heavy atom.